The fourth-order valence-corrected chi connectivity index (χ4v) is 1.01. The summed E-state index contributed by atoms with van der Waals surface area (Å²) in [4.78, 5) is 10.3. The Morgan fingerprint density at radius 3 is 2.31 bits per heavy atom. The summed E-state index contributed by atoms with van der Waals surface area (Å²) in [6, 6.07) is -0.589. The standard InChI is InChI=1S/C8H18N2O3/c9-6(8(12)13)4-2-1-3-5-7(10)11/h6,8,12-13H,1-5,9H2,(H2,10,11)/t6-/m0/s1. The molecule has 0 unspecified atom stereocenters. The monoisotopic (exact) mass is 190 g/mol. The summed E-state index contributed by atoms with van der Waals surface area (Å²) in [7, 11) is 0. The average molecular weight is 190 g/mol. The number of nitrogens with two attached hydrogens (primary N) is 2. The van der Waals surface area contributed by atoms with Crippen molar-refractivity contribution >= 4 is 5.91 Å². The molecule has 0 heterocycles. The van der Waals surface area contributed by atoms with Crippen molar-refractivity contribution in [2.75, 3.05) is 0 Å². The van der Waals surface area contributed by atoms with E-state index in [1.807, 2.05) is 0 Å². The van der Waals surface area contributed by atoms with Crippen molar-refractivity contribution in [3.8, 4) is 0 Å². The van der Waals surface area contributed by atoms with Crippen LogP contribution in [0.1, 0.15) is 32.1 Å². The van der Waals surface area contributed by atoms with Crippen molar-refractivity contribution in [3.05, 3.63) is 0 Å². The number of rotatable bonds is 7. The molecule has 0 aromatic carbocycles. The lowest BCUT2D eigenvalue weighted by Crippen LogP contribution is -2.34. The normalized spacial score (nSPS) is 13.2. The van der Waals surface area contributed by atoms with Crippen LogP contribution < -0.4 is 11.5 Å². The van der Waals surface area contributed by atoms with Gasteiger partial charge in [-0.3, -0.25) is 4.79 Å². The zero-order valence-corrected chi connectivity index (χ0v) is 7.65. The topological polar surface area (TPSA) is 110 Å². The van der Waals surface area contributed by atoms with E-state index in [1.165, 1.54) is 0 Å². The Labute approximate surface area is 77.7 Å². The summed E-state index contributed by atoms with van der Waals surface area (Å²) in [6.45, 7) is 0. The third kappa shape index (κ3) is 7.70. The van der Waals surface area contributed by atoms with Crippen LogP contribution >= 0.6 is 0 Å². The largest absolute Gasteiger partial charge is 0.370 e. The van der Waals surface area contributed by atoms with Crippen LogP contribution in [0.25, 0.3) is 0 Å². The first kappa shape index (κ1) is 12.3. The van der Waals surface area contributed by atoms with Crippen molar-refractivity contribution in [1.29, 1.82) is 0 Å². The van der Waals surface area contributed by atoms with Gasteiger partial charge in [0.2, 0.25) is 5.91 Å². The Hall–Kier alpha value is -0.650. The molecule has 0 radical (unpaired) electrons. The molecule has 1 amide bonds. The van der Waals surface area contributed by atoms with Gasteiger partial charge in [-0.1, -0.05) is 12.8 Å². The Morgan fingerprint density at radius 1 is 1.23 bits per heavy atom. The van der Waals surface area contributed by atoms with Gasteiger partial charge in [0, 0.05) is 6.42 Å². The predicted molar refractivity (Wildman–Crippen MR) is 48.5 cm³/mol. The minimum absolute atomic E-state index is 0.300. The number of hydrogen-bond donors (Lipinski definition) is 4. The van der Waals surface area contributed by atoms with E-state index in [-0.39, 0.29) is 5.91 Å². The Balaban J connectivity index is 3.21. The highest BCUT2D eigenvalue weighted by atomic mass is 16.5. The number of amides is 1. The molecule has 1 atom stereocenters. The molecular formula is C8H18N2O3. The summed E-state index contributed by atoms with van der Waals surface area (Å²) in [5.74, 6) is -0.300. The predicted octanol–water partition coefficient (Wildman–Crippen LogP) is -0.940. The van der Waals surface area contributed by atoms with Gasteiger partial charge in [0.25, 0.3) is 0 Å². The fraction of sp³-hybridized carbons (Fsp3) is 0.875. The zero-order chi connectivity index (χ0) is 10.3. The summed E-state index contributed by atoms with van der Waals surface area (Å²) >= 11 is 0. The summed E-state index contributed by atoms with van der Waals surface area (Å²) in [5.41, 5.74) is 10.3. The van der Waals surface area contributed by atoms with Gasteiger partial charge in [0.05, 0.1) is 6.04 Å². The van der Waals surface area contributed by atoms with Crippen LogP contribution in [0.2, 0.25) is 0 Å². The molecule has 0 rings (SSSR count). The summed E-state index contributed by atoms with van der Waals surface area (Å²) in [6.07, 6.45) is 1.85. The first-order chi connectivity index (χ1) is 6.04. The minimum Gasteiger partial charge on any atom is -0.370 e. The molecule has 13 heavy (non-hydrogen) atoms. The highest BCUT2D eigenvalue weighted by Crippen LogP contribution is 2.05. The van der Waals surface area contributed by atoms with Crippen molar-refractivity contribution < 1.29 is 15.0 Å². The van der Waals surface area contributed by atoms with Crippen molar-refractivity contribution in [3.63, 3.8) is 0 Å². The van der Waals surface area contributed by atoms with Gasteiger partial charge in [-0.2, -0.15) is 0 Å². The van der Waals surface area contributed by atoms with E-state index >= 15 is 0 Å². The van der Waals surface area contributed by atoms with Gasteiger partial charge >= 0.3 is 0 Å². The van der Waals surface area contributed by atoms with Crippen molar-refractivity contribution in [1.82, 2.24) is 0 Å². The zero-order valence-electron chi connectivity index (χ0n) is 7.65. The van der Waals surface area contributed by atoms with E-state index in [2.05, 4.69) is 0 Å². The minimum atomic E-state index is -1.45. The van der Waals surface area contributed by atoms with Crippen LogP contribution in [0, 0.1) is 0 Å². The number of aliphatic hydroxyl groups is 2. The Morgan fingerprint density at radius 2 is 1.85 bits per heavy atom. The quantitative estimate of drug-likeness (QED) is 0.307. The maximum atomic E-state index is 10.3. The molecule has 6 N–H and O–H groups in total. The fourth-order valence-electron chi connectivity index (χ4n) is 1.01. The molecule has 0 aliphatic rings. The number of primary amides is 1. The molecule has 0 bridgehead atoms. The van der Waals surface area contributed by atoms with Gasteiger partial charge in [-0.05, 0) is 12.8 Å². The number of unbranched alkanes of at least 4 members (excludes halogenated alkanes) is 2. The molecule has 0 aromatic rings. The Kier molecular flexibility index (Phi) is 6.48. The molecular weight excluding hydrogens is 172 g/mol. The third-order valence-corrected chi connectivity index (χ3v) is 1.84. The van der Waals surface area contributed by atoms with Crippen molar-refractivity contribution in [2.45, 2.75) is 44.4 Å². The van der Waals surface area contributed by atoms with E-state index < -0.39 is 12.3 Å². The molecule has 78 valence electrons. The van der Waals surface area contributed by atoms with Gasteiger partial charge in [0.15, 0.2) is 6.29 Å². The average Bonchev–Trinajstić information content (AvgIpc) is 2.02. The molecule has 5 heteroatoms. The van der Waals surface area contributed by atoms with Gasteiger partial charge in [0.1, 0.15) is 0 Å². The smallest absolute Gasteiger partial charge is 0.217 e. The van der Waals surface area contributed by atoms with Crippen LogP contribution in [-0.2, 0) is 4.79 Å². The third-order valence-electron chi connectivity index (χ3n) is 1.84. The highest BCUT2D eigenvalue weighted by molar-refractivity contribution is 5.73. The molecule has 0 saturated heterocycles. The molecule has 0 saturated carbocycles. The lowest BCUT2D eigenvalue weighted by Gasteiger charge is -2.12. The van der Waals surface area contributed by atoms with Crippen LogP contribution in [0.15, 0.2) is 0 Å². The molecule has 0 fully saturated rings. The van der Waals surface area contributed by atoms with Crippen LogP contribution in [-0.4, -0.2) is 28.5 Å². The van der Waals surface area contributed by atoms with Crippen molar-refractivity contribution in [2.24, 2.45) is 11.5 Å². The van der Waals surface area contributed by atoms with Crippen LogP contribution in [0.5, 0.6) is 0 Å². The van der Waals surface area contributed by atoms with Gasteiger partial charge < -0.3 is 21.7 Å². The summed E-state index contributed by atoms with van der Waals surface area (Å²) < 4.78 is 0. The lowest BCUT2D eigenvalue weighted by atomic mass is 10.1. The Bertz CT molecular complexity index is 150. The van der Waals surface area contributed by atoms with E-state index in [1.54, 1.807) is 0 Å². The van der Waals surface area contributed by atoms with E-state index in [4.69, 9.17) is 21.7 Å². The first-order valence-corrected chi connectivity index (χ1v) is 4.44. The SMILES string of the molecule is NC(=O)CCCCC[C@H](N)C(O)O. The van der Waals surface area contributed by atoms with Crippen LogP contribution in [0.3, 0.4) is 0 Å². The first-order valence-electron chi connectivity index (χ1n) is 4.44. The van der Waals surface area contributed by atoms with E-state index in [9.17, 15) is 4.79 Å². The second-order valence-electron chi connectivity index (χ2n) is 3.14. The summed E-state index contributed by atoms with van der Waals surface area (Å²) in [5, 5.41) is 17.2. The molecule has 0 aliphatic heterocycles. The number of hydrogen-bond acceptors (Lipinski definition) is 4. The van der Waals surface area contributed by atoms with E-state index in [0.29, 0.717) is 12.8 Å². The number of carbonyl (C=O) groups excluding carboxylic acids is 1. The second-order valence-corrected chi connectivity index (χ2v) is 3.14. The van der Waals surface area contributed by atoms with Crippen LogP contribution in [0.4, 0.5) is 0 Å². The maximum Gasteiger partial charge on any atom is 0.217 e. The number of carbonyl (C=O) groups is 1. The second kappa shape index (κ2) is 6.82. The molecule has 0 aliphatic carbocycles. The molecule has 0 spiro atoms. The van der Waals surface area contributed by atoms with Gasteiger partial charge in [-0.15, -0.1) is 0 Å². The number of aliphatic hydroxyl groups excluding tert-OH is 1. The van der Waals surface area contributed by atoms with E-state index in [0.717, 1.165) is 19.3 Å². The maximum absolute atomic E-state index is 10.3. The highest BCUT2D eigenvalue weighted by Gasteiger charge is 2.09. The molecule has 5 nitrogen and oxygen atoms in total. The lowest BCUT2D eigenvalue weighted by molar-refractivity contribution is -0.118. The van der Waals surface area contributed by atoms with Gasteiger partial charge in [-0.25, -0.2) is 0 Å². The molecule has 0 aromatic heterocycles.